The van der Waals surface area contributed by atoms with Crippen LogP contribution in [0, 0.1) is 17.1 Å². The van der Waals surface area contributed by atoms with Gasteiger partial charge < -0.3 is 4.90 Å². The monoisotopic (exact) mass is 292 g/mol. The molecule has 0 bridgehead atoms. The Morgan fingerprint density at radius 1 is 0.955 bits per heavy atom. The first-order valence-electron chi connectivity index (χ1n) is 7.45. The average Bonchev–Trinajstić information content (AvgIpc) is 2.58. The minimum absolute atomic E-state index is 0.196. The Balaban J connectivity index is 1.64. The van der Waals surface area contributed by atoms with E-state index in [2.05, 4.69) is 17.0 Å². The number of benzene rings is 2. The molecular formula is C19H17FN2. The molecule has 22 heavy (non-hydrogen) atoms. The molecule has 2 nitrogen and oxygen atoms in total. The van der Waals surface area contributed by atoms with E-state index in [-0.39, 0.29) is 5.82 Å². The molecule has 1 heterocycles. The van der Waals surface area contributed by atoms with Crippen LogP contribution < -0.4 is 4.90 Å². The standard InChI is InChI=1S/C19H17FN2/c20-18-5-1-15(2-6-18)13-16-9-11-22(12-10-16)19-7-3-17(14-21)4-8-19/h1-8,13H,9-12H2. The van der Waals surface area contributed by atoms with Gasteiger partial charge >= 0.3 is 0 Å². The lowest BCUT2D eigenvalue weighted by molar-refractivity contribution is 0.627. The van der Waals surface area contributed by atoms with Crippen LogP contribution in [-0.2, 0) is 0 Å². The van der Waals surface area contributed by atoms with Gasteiger partial charge in [0.05, 0.1) is 11.6 Å². The summed E-state index contributed by atoms with van der Waals surface area (Å²) in [6.45, 7) is 1.94. The summed E-state index contributed by atoms with van der Waals surface area (Å²) in [6, 6.07) is 16.5. The van der Waals surface area contributed by atoms with Crippen molar-refractivity contribution in [1.82, 2.24) is 0 Å². The third kappa shape index (κ3) is 3.35. The number of anilines is 1. The number of rotatable bonds is 2. The zero-order chi connectivity index (χ0) is 15.4. The summed E-state index contributed by atoms with van der Waals surface area (Å²) in [4.78, 5) is 2.34. The maximum atomic E-state index is 12.9. The molecule has 1 aliphatic heterocycles. The lowest BCUT2D eigenvalue weighted by atomic mass is 10.0. The molecule has 0 unspecified atom stereocenters. The van der Waals surface area contributed by atoms with Crippen molar-refractivity contribution in [3.8, 4) is 6.07 Å². The highest BCUT2D eigenvalue weighted by molar-refractivity contribution is 5.55. The Kier molecular flexibility index (Phi) is 4.20. The summed E-state index contributed by atoms with van der Waals surface area (Å²) in [5.74, 6) is -0.196. The highest BCUT2D eigenvalue weighted by Gasteiger charge is 2.14. The van der Waals surface area contributed by atoms with Crippen molar-refractivity contribution in [2.75, 3.05) is 18.0 Å². The summed E-state index contributed by atoms with van der Waals surface area (Å²) in [6.07, 6.45) is 4.18. The van der Waals surface area contributed by atoms with Crippen LogP contribution in [0.2, 0.25) is 0 Å². The van der Waals surface area contributed by atoms with Crippen LogP contribution in [0.4, 0.5) is 10.1 Å². The number of nitriles is 1. The van der Waals surface area contributed by atoms with Gasteiger partial charge in [-0.1, -0.05) is 23.8 Å². The van der Waals surface area contributed by atoms with Crippen LogP contribution in [0.5, 0.6) is 0 Å². The number of hydrogen-bond acceptors (Lipinski definition) is 2. The highest BCUT2D eigenvalue weighted by atomic mass is 19.1. The predicted octanol–water partition coefficient (Wildman–Crippen LogP) is 4.38. The van der Waals surface area contributed by atoms with Crippen LogP contribution in [0.25, 0.3) is 6.08 Å². The van der Waals surface area contributed by atoms with Gasteiger partial charge in [-0.15, -0.1) is 0 Å². The Bertz CT molecular complexity index is 699. The molecule has 0 radical (unpaired) electrons. The molecule has 0 spiro atoms. The second-order valence-corrected chi connectivity index (χ2v) is 5.50. The van der Waals surface area contributed by atoms with Crippen molar-refractivity contribution < 1.29 is 4.39 Å². The molecule has 1 saturated heterocycles. The van der Waals surface area contributed by atoms with E-state index in [4.69, 9.17) is 5.26 Å². The van der Waals surface area contributed by atoms with E-state index < -0.39 is 0 Å². The van der Waals surface area contributed by atoms with Crippen LogP contribution >= 0.6 is 0 Å². The van der Waals surface area contributed by atoms with Crippen LogP contribution in [-0.4, -0.2) is 13.1 Å². The molecule has 0 atom stereocenters. The Morgan fingerprint density at radius 2 is 1.59 bits per heavy atom. The first-order chi connectivity index (χ1) is 10.7. The molecule has 1 fully saturated rings. The Labute approximate surface area is 130 Å². The molecule has 1 aliphatic rings. The quantitative estimate of drug-likeness (QED) is 0.821. The Morgan fingerprint density at radius 3 is 2.18 bits per heavy atom. The molecule has 3 heteroatoms. The van der Waals surface area contributed by atoms with E-state index in [1.54, 1.807) is 0 Å². The number of piperidine rings is 1. The maximum Gasteiger partial charge on any atom is 0.123 e. The van der Waals surface area contributed by atoms with Crippen LogP contribution in [0.15, 0.2) is 54.1 Å². The molecular weight excluding hydrogens is 275 g/mol. The van der Waals surface area contributed by atoms with Gasteiger partial charge in [0.25, 0.3) is 0 Å². The Hall–Kier alpha value is -2.60. The smallest absolute Gasteiger partial charge is 0.123 e. The van der Waals surface area contributed by atoms with Crippen LogP contribution in [0.1, 0.15) is 24.0 Å². The molecule has 0 amide bonds. The maximum absolute atomic E-state index is 12.9. The molecule has 2 aromatic rings. The molecule has 110 valence electrons. The molecule has 0 aliphatic carbocycles. The summed E-state index contributed by atoms with van der Waals surface area (Å²) in [5.41, 5.74) is 4.32. The normalized spacial score (nSPS) is 14.5. The first kappa shape index (κ1) is 14.3. The zero-order valence-electron chi connectivity index (χ0n) is 12.3. The van der Waals surface area contributed by atoms with Gasteiger partial charge in [0.1, 0.15) is 5.82 Å². The van der Waals surface area contributed by atoms with E-state index in [9.17, 15) is 4.39 Å². The lowest BCUT2D eigenvalue weighted by Gasteiger charge is -2.30. The van der Waals surface area contributed by atoms with Gasteiger partial charge in [-0.3, -0.25) is 0 Å². The van der Waals surface area contributed by atoms with E-state index in [0.717, 1.165) is 31.5 Å². The molecule has 3 rings (SSSR count). The third-order valence-electron chi connectivity index (χ3n) is 4.01. The second kappa shape index (κ2) is 6.44. The molecule has 0 N–H and O–H groups in total. The second-order valence-electron chi connectivity index (χ2n) is 5.50. The van der Waals surface area contributed by atoms with E-state index in [1.165, 1.54) is 23.4 Å². The predicted molar refractivity (Wildman–Crippen MR) is 87.0 cm³/mol. The van der Waals surface area contributed by atoms with Crippen LogP contribution in [0.3, 0.4) is 0 Å². The van der Waals surface area contributed by atoms with Crippen molar-refractivity contribution in [1.29, 1.82) is 5.26 Å². The van der Waals surface area contributed by atoms with Crippen molar-refractivity contribution in [3.05, 3.63) is 71.0 Å². The number of nitrogens with zero attached hydrogens (tertiary/aromatic N) is 2. The average molecular weight is 292 g/mol. The molecule has 0 aromatic heterocycles. The van der Waals surface area contributed by atoms with Gasteiger partial charge in [0.2, 0.25) is 0 Å². The third-order valence-corrected chi connectivity index (χ3v) is 4.01. The van der Waals surface area contributed by atoms with Gasteiger partial charge in [0, 0.05) is 18.8 Å². The lowest BCUT2D eigenvalue weighted by Crippen LogP contribution is -2.30. The van der Waals surface area contributed by atoms with Gasteiger partial charge in [-0.2, -0.15) is 5.26 Å². The summed E-state index contributed by atoms with van der Waals surface area (Å²) >= 11 is 0. The highest BCUT2D eigenvalue weighted by Crippen LogP contribution is 2.24. The van der Waals surface area contributed by atoms with Gasteiger partial charge in [-0.05, 0) is 54.8 Å². The largest absolute Gasteiger partial charge is 0.371 e. The minimum atomic E-state index is -0.196. The van der Waals surface area contributed by atoms with Gasteiger partial charge in [-0.25, -0.2) is 4.39 Å². The topological polar surface area (TPSA) is 27.0 Å². The fourth-order valence-corrected chi connectivity index (χ4v) is 2.74. The SMILES string of the molecule is N#Cc1ccc(N2CCC(=Cc3ccc(F)cc3)CC2)cc1. The van der Waals surface area contributed by atoms with Crippen molar-refractivity contribution >= 4 is 11.8 Å². The minimum Gasteiger partial charge on any atom is -0.371 e. The van der Waals surface area contributed by atoms with Crippen molar-refractivity contribution in [2.45, 2.75) is 12.8 Å². The fraction of sp³-hybridized carbons (Fsp3) is 0.211. The molecule has 2 aromatic carbocycles. The summed E-state index contributed by atoms with van der Waals surface area (Å²) in [5, 5.41) is 8.84. The van der Waals surface area contributed by atoms with Crippen molar-refractivity contribution in [3.63, 3.8) is 0 Å². The van der Waals surface area contributed by atoms with Crippen molar-refractivity contribution in [2.24, 2.45) is 0 Å². The molecule has 0 saturated carbocycles. The zero-order valence-corrected chi connectivity index (χ0v) is 12.3. The van der Waals surface area contributed by atoms with E-state index in [1.807, 2.05) is 36.4 Å². The fourth-order valence-electron chi connectivity index (χ4n) is 2.74. The number of hydrogen-bond donors (Lipinski definition) is 0. The first-order valence-corrected chi connectivity index (χ1v) is 7.45. The summed E-state index contributed by atoms with van der Waals surface area (Å²) < 4.78 is 12.9. The number of halogens is 1. The summed E-state index contributed by atoms with van der Waals surface area (Å²) in [7, 11) is 0. The van der Waals surface area contributed by atoms with E-state index >= 15 is 0 Å². The van der Waals surface area contributed by atoms with Gasteiger partial charge in [0.15, 0.2) is 0 Å². The van der Waals surface area contributed by atoms with E-state index in [0.29, 0.717) is 5.56 Å².